The summed E-state index contributed by atoms with van der Waals surface area (Å²) in [4.78, 5) is 13.5. The van der Waals surface area contributed by atoms with Crippen molar-refractivity contribution >= 4 is 49.7 Å². The summed E-state index contributed by atoms with van der Waals surface area (Å²) in [6, 6.07) is 7.93. The molecule has 0 unspecified atom stereocenters. The summed E-state index contributed by atoms with van der Waals surface area (Å²) in [6.07, 6.45) is 2.56. The Morgan fingerprint density at radius 2 is 1.86 bits per heavy atom. The van der Waals surface area contributed by atoms with Gasteiger partial charge in [0.2, 0.25) is 10.0 Å². The van der Waals surface area contributed by atoms with E-state index in [1.54, 1.807) is 19.2 Å². The SMILES string of the molecule is COCCN1CCN(C(C)(C)c2cc3ncnc(Nc4ccc(F)c(Cl)c4)c3cc2NS(C)(=O)=O)CC1. The molecule has 200 valence electrons. The number of fused-ring (bicyclic) bond motifs is 1. The van der Waals surface area contributed by atoms with Gasteiger partial charge >= 0.3 is 0 Å². The smallest absolute Gasteiger partial charge is 0.229 e. The molecule has 0 radical (unpaired) electrons. The van der Waals surface area contributed by atoms with Gasteiger partial charge in [0.25, 0.3) is 0 Å². The Morgan fingerprint density at radius 3 is 2.51 bits per heavy atom. The highest BCUT2D eigenvalue weighted by Crippen LogP contribution is 2.38. The molecule has 0 bridgehead atoms. The van der Waals surface area contributed by atoms with Gasteiger partial charge in [0, 0.05) is 56.4 Å². The second kappa shape index (κ2) is 11.0. The number of sulfonamides is 1. The van der Waals surface area contributed by atoms with Crippen LogP contribution in [0.25, 0.3) is 10.9 Å². The summed E-state index contributed by atoms with van der Waals surface area (Å²) in [5.74, 6) is -0.0776. The first-order valence-corrected chi connectivity index (χ1v) is 14.2. The number of benzene rings is 2. The zero-order valence-corrected chi connectivity index (χ0v) is 23.0. The Morgan fingerprint density at radius 1 is 1.14 bits per heavy atom. The normalized spacial score (nSPS) is 15.7. The number of rotatable bonds is 9. The predicted octanol–water partition coefficient (Wildman–Crippen LogP) is 4.04. The number of hydrogen-bond donors (Lipinski definition) is 2. The fourth-order valence-corrected chi connectivity index (χ4v) is 5.37. The zero-order chi connectivity index (χ0) is 26.8. The number of halogens is 2. The molecule has 0 saturated carbocycles. The molecule has 2 aromatic carbocycles. The monoisotopic (exact) mass is 550 g/mol. The van der Waals surface area contributed by atoms with Gasteiger partial charge in [-0.1, -0.05) is 11.6 Å². The molecule has 2 N–H and O–H groups in total. The minimum atomic E-state index is -3.57. The van der Waals surface area contributed by atoms with Crippen LogP contribution in [-0.2, 0) is 20.3 Å². The Kier molecular flexibility index (Phi) is 8.20. The molecule has 0 spiro atoms. The van der Waals surface area contributed by atoms with Crippen molar-refractivity contribution in [2.75, 3.05) is 62.7 Å². The van der Waals surface area contributed by atoms with Gasteiger partial charge in [-0.25, -0.2) is 22.8 Å². The minimum absolute atomic E-state index is 0.0193. The van der Waals surface area contributed by atoms with Crippen LogP contribution in [0.15, 0.2) is 36.7 Å². The first-order valence-electron chi connectivity index (χ1n) is 11.9. The van der Waals surface area contributed by atoms with E-state index in [9.17, 15) is 12.8 Å². The molecule has 37 heavy (non-hydrogen) atoms. The average Bonchev–Trinajstić information content (AvgIpc) is 2.84. The topological polar surface area (TPSA) is 99.7 Å². The Bertz CT molecular complexity index is 1380. The third-order valence-corrected chi connectivity index (χ3v) is 7.57. The van der Waals surface area contributed by atoms with Crippen molar-refractivity contribution < 1.29 is 17.5 Å². The maximum absolute atomic E-state index is 13.6. The number of methoxy groups -OCH3 is 1. The molecule has 0 atom stereocenters. The van der Waals surface area contributed by atoms with Crippen LogP contribution < -0.4 is 10.0 Å². The lowest BCUT2D eigenvalue weighted by Gasteiger charge is -2.45. The third-order valence-electron chi connectivity index (χ3n) is 6.69. The van der Waals surface area contributed by atoms with Crippen molar-refractivity contribution in [2.24, 2.45) is 0 Å². The molecule has 1 fully saturated rings. The van der Waals surface area contributed by atoms with Gasteiger partial charge in [-0.3, -0.25) is 14.5 Å². The van der Waals surface area contributed by atoms with Crippen molar-refractivity contribution in [3.63, 3.8) is 0 Å². The lowest BCUT2D eigenvalue weighted by molar-refractivity contribution is 0.0400. The number of hydrogen-bond acceptors (Lipinski definition) is 8. The largest absolute Gasteiger partial charge is 0.383 e. The highest BCUT2D eigenvalue weighted by molar-refractivity contribution is 7.92. The van der Waals surface area contributed by atoms with Gasteiger partial charge in [-0.15, -0.1) is 0 Å². The van der Waals surface area contributed by atoms with Crippen LogP contribution >= 0.6 is 11.6 Å². The molecular formula is C25H32ClFN6O3S. The third kappa shape index (κ3) is 6.47. The summed E-state index contributed by atoms with van der Waals surface area (Å²) in [6.45, 7) is 9.20. The van der Waals surface area contributed by atoms with E-state index >= 15 is 0 Å². The van der Waals surface area contributed by atoms with Crippen LogP contribution in [0.5, 0.6) is 0 Å². The molecule has 1 aromatic heterocycles. The van der Waals surface area contributed by atoms with E-state index in [2.05, 4.69) is 43.7 Å². The van der Waals surface area contributed by atoms with E-state index in [4.69, 9.17) is 16.3 Å². The van der Waals surface area contributed by atoms with Crippen LogP contribution in [0, 0.1) is 5.82 Å². The fourth-order valence-electron chi connectivity index (χ4n) is 4.62. The Hall–Kier alpha value is -2.57. The summed E-state index contributed by atoms with van der Waals surface area (Å²) in [7, 11) is -1.87. The molecule has 9 nitrogen and oxygen atoms in total. The van der Waals surface area contributed by atoms with Crippen LogP contribution in [0.3, 0.4) is 0 Å². The molecule has 1 aliphatic rings. The van der Waals surface area contributed by atoms with Crippen molar-refractivity contribution in [3.8, 4) is 0 Å². The van der Waals surface area contributed by atoms with Crippen molar-refractivity contribution in [1.82, 2.24) is 19.8 Å². The number of anilines is 3. The summed E-state index contributed by atoms with van der Waals surface area (Å²) in [5, 5.41) is 3.73. The summed E-state index contributed by atoms with van der Waals surface area (Å²) >= 11 is 5.94. The first-order chi connectivity index (χ1) is 17.5. The molecule has 1 saturated heterocycles. The van der Waals surface area contributed by atoms with Gasteiger partial charge in [-0.05, 0) is 49.7 Å². The second-order valence-corrected chi connectivity index (χ2v) is 11.8. The maximum atomic E-state index is 13.6. The van der Waals surface area contributed by atoms with Crippen molar-refractivity contribution in [1.29, 1.82) is 0 Å². The fraction of sp³-hybridized carbons (Fsp3) is 0.440. The molecule has 12 heteroatoms. The summed E-state index contributed by atoms with van der Waals surface area (Å²) in [5.41, 5.74) is 1.96. The lowest BCUT2D eigenvalue weighted by Crippen LogP contribution is -2.53. The minimum Gasteiger partial charge on any atom is -0.383 e. The number of ether oxygens (including phenoxy) is 1. The van der Waals surface area contributed by atoms with Crippen LogP contribution in [0.2, 0.25) is 5.02 Å². The predicted molar refractivity (Wildman–Crippen MR) is 146 cm³/mol. The first kappa shape index (κ1) is 27.5. The molecule has 2 heterocycles. The van der Waals surface area contributed by atoms with Gasteiger partial charge in [0.1, 0.15) is 18.0 Å². The summed E-state index contributed by atoms with van der Waals surface area (Å²) < 4.78 is 46.2. The van der Waals surface area contributed by atoms with Gasteiger partial charge < -0.3 is 10.1 Å². The van der Waals surface area contributed by atoms with E-state index in [0.717, 1.165) is 44.5 Å². The molecule has 0 amide bonds. The quantitative estimate of drug-likeness (QED) is 0.412. The average molecular weight is 551 g/mol. The number of nitrogens with zero attached hydrogens (tertiary/aromatic N) is 4. The lowest BCUT2D eigenvalue weighted by atomic mass is 9.89. The van der Waals surface area contributed by atoms with Crippen LogP contribution in [0.1, 0.15) is 19.4 Å². The number of aromatic nitrogens is 2. The van der Waals surface area contributed by atoms with Gasteiger partial charge in [0.05, 0.1) is 29.1 Å². The van der Waals surface area contributed by atoms with Crippen LogP contribution in [0.4, 0.5) is 21.6 Å². The van der Waals surface area contributed by atoms with Crippen LogP contribution in [-0.4, -0.2) is 80.9 Å². The van der Waals surface area contributed by atoms with E-state index < -0.39 is 21.4 Å². The molecule has 4 rings (SSSR count). The number of piperazine rings is 1. The van der Waals surface area contributed by atoms with Gasteiger partial charge in [-0.2, -0.15) is 0 Å². The standard InChI is InChI=1S/C25H32ClFN6O3S/c1-25(2,33-9-7-32(8-10-33)11-12-36-3)19-15-22-18(14-23(19)31-37(4,34)35)24(29-16-28-22)30-17-5-6-21(27)20(26)13-17/h5-6,13-16,31H,7-12H2,1-4H3,(H,28,29,30). The van der Waals surface area contributed by atoms with E-state index in [1.165, 1.54) is 18.5 Å². The molecule has 0 aliphatic carbocycles. The van der Waals surface area contributed by atoms with Gasteiger partial charge in [0.15, 0.2) is 0 Å². The molecule has 3 aromatic rings. The van der Waals surface area contributed by atoms with Crippen molar-refractivity contribution in [2.45, 2.75) is 19.4 Å². The second-order valence-electron chi connectivity index (χ2n) is 9.65. The highest BCUT2D eigenvalue weighted by Gasteiger charge is 2.34. The number of nitrogens with one attached hydrogen (secondary N) is 2. The Balaban J connectivity index is 1.72. The van der Waals surface area contributed by atoms with E-state index in [0.29, 0.717) is 34.7 Å². The zero-order valence-electron chi connectivity index (χ0n) is 21.4. The Labute approximate surface area is 222 Å². The van der Waals surface area contributed by atoms with E-state index in [-0.39, 0.29) is 5.02 Å². The highest BCUT2D eigenvalue weighted by atomic mass is 35.5. The van der Waals surface area contributed by atoms with E-state index in [1.807, 2.05) is 6.07 Å². The van der Waals surface area contributed by atoms with Crippen molar-refractivity contribution in [3.05, 3.63) is 53.1 Å². The molecular weight excluding hydrogens is 519 g/mol. The molecule has 1 aliphatic heterocycles. The maximum Gasteiger partial charge on any atom is 0.229 e.